The zero-order valence-corrected chi connectivity index (χ0v) is 11.2. The van der Waals surface area contributed by atoms with Crippen molar-refractivity contribution in [3.63, 3.8) is 0 Å². The van der Waals surface area contributed by atoms with Crippen LogP contribution < -0.4 is 5.32 Å². The second-order valence-electron chi connectivity index (χ2n) is 4.02. The largest absolute Gasteiger partial charge is 0.449 e. The number of nitrogens with one attached hydrogen (secondary N) is 1. The van der Waals surface area contributed by atoms with Crippen molar-refractivity contribution in [2.24, 2.45) is 0 Å². The van der Waals surface area contributed by atoms with E-state index in [4.69, 9.17) is 14.4 Å². The van der Waals surface area contributed by atoms with Crippen molar-refractivity contribution in [2.45, 2.75) is 33.6 Å². The molecule has 0 aliphatic heterocycles. The SMILES string of the molecule is CCCCOC(=O)Nc1oc(C)c(C(C)=O)c1C#N. The van der Waals surface area contributed by atoms with Crippen molar-refractivity contribution < 1.29 is 18.7 Å². The summed E-state index contributed by atoms with van der Waals surface area (Å²) in [7, 11) is 0. The Labute approximate surface area is 111 Å². The minimum Gasteiger partial charge on any atom is -0.449 e. The fourth-order valence-corrected chi connectivity index (χ4v) is 1.60. The topological polar surface area (TPSA) is 92.3 Å². The lowest BCUT2D eigenvalue weighted by Crippen LogP contribution is -2.14. The molecule has 6 heteroatoms. The number of aryl methyl sites for hydroxylation is 1. The second kappa shape index (κ2) is 6.59. The van der Waals surface area contributed by atoms with Crippen molar-refractivity contribution in [2.75, 3.05) is 11.9 Å². The molecule has 0 unspecified atom stereocenters. The smallest absolute Gasteiger partial charge is 0.414 e. The lowest BCUT2D eigenvalue weighted by Gasteiger charge is -2.04. The number of Topliss-reactive ketones (excluding diaryl/α,β-unsaturated/α-hetero) is 1. The molecule has 0 aliphatic carbocycles. The molecule has 0 saturated heterocycles. The molecule has 0 aromatic carbocycles. The molecule has 0 spiro atoms. The Morgan fingerprint density at radius 1 is 1.47 bits per heavy atom. The number of furan rings is 1. The van der Waals surface area contributed by atoms with Gasteiger partial charge in [0.2, 0.25) is 5.88 Å². The van der Waals surface area contributed by atoms with E-state index in [0.717, 1.165) is 12.8 Å². The second-order valence-corrected chi connectivity index (χ2v) is 4.02. The highest BCUT2D eigenvalue weighted by molar-refractivity contribution is 6.00. The number of hydrogen-bond donors (Lipinski definition) is 1. The van der Waals surface area contributed by atoms with Crippen molar-refractivity contribution in [1.82, 2.24) is 0 Å². The Morgan fingerprint density at radius 3 is 2.68 bits per heavy atom. The summed E-state index contributed by atoms with van der Waals surface area (Å²) in [6, 6.07) is 1.85. The zero-order valence-electron chi connectivity index (χ0n) is 11.2. The van der Waals surface area contributed by atoms with Gasteiger partial charge in [-0.3, -0.25) is 10.1 Å². The maximum Gasteiger partial charge on any atom is 0.414 e. The van der Waals surface area contributed by atoms with Crippen LogP contribution >= 0.6 is 0 Å². The highest BCUT2D eigenvalue weighted by atomic mass is 16.5. The van der Waals surface area contributed by atoms with Gasteiger partial charge in [0.25, 0.3) is 0 Å². The summed E-state index contributed by atoms with van der Waals surface area (Å²) in [5, 5.41) is 11.4. The number of unbranched alkanes of at least 4 members (excludes halogenated alkanes) is 1. The van der Waals surface area contributed by atoms with E-state index in [1.165, 1.54) is 6.92 Å². The Hall–Kier alpha value is -2.29. The molecule has 19 heavy (non-hydrogen) atoms. The normalized spacial score (nSPS) is 9.79. The average Bonchev–Trinajstić information content (AvgIpc) is 2.65. The first-order valence-corrected chi connectivity index (χ1v) is 5.99. The van der Waals surface area contributed by atoms with Gasteiger partial charge in [0.1, 0.15) is 17.4 Å². The molecule has 1 aromatic rings. The maximum atomic E-state index is 11.5. The van der Waals surface area contributed by atoms with E-state index >= 15 is 0 Å². The van der Waals surface area contributed by atoms with Crippen LogP contribution in [0, 0.1) is 18.3 Å². The first kappa shape index (κ1) is 14.8. The van der Waals surface area contributed by atoms with Gasteiger partial charge in [-0.05, 0) is 20.3 Å². The number of amides is 1. The Bertz CT molecular complexity index is 525. The quantitative estimate of drug-likeness (QED) is 0.651. The third kappa shape index (κ3) is 3.58. The van der Waals surface area contributed by atoms with E-state index in [2.05, 4.69) is 5.32 Å². The number of nitriles is 1. The Balaban J connectivity index is 2.85. The molecule has 0 radical (unpaired) electrons. The lowest BCUT2D eigenvalue weighted by atomic mass is 10.1. The van der Waals surface area contributed by atoms with Gasteiger partial charge in [0.15, 0.2) is 5.78 Å². The van der Waals surface area contributed by atoms with E-state index in [1.54, 1.807) is 6.92 Å². The van der Waals surface area contributed by atoms with Crippen LogP contribution in [0.2, 0.25) is 0 Å². The minimum absolute atomic E-state index is 0.0254. The molecule has 1 N–H and O–H groups in total. The minimum atomic E-state index is -0.700. The van der Waals surface area contributed by atoms with Crippen LogP contribution in [0.25, 0.3) is 0 Å². The fourth-order valence-electron chi connectivity index (χ4n) is 1.60. The summed E-state index contributed by atoms with van der Waals surface area (Å²) < 4.78 is 10.1. The standard InChI is InChI=1S/C13H16N2O4/c1-4-5-6-18-13(17)15-12-10(7-14)11(8(2)16)9(3)19-12/h4-6H2,1-3H3,(H,15,17). The van der Waals surface area contributed by atoms with E-state index in [9.17, 15) is 9.59 Å². The third-order valence-corrected chi connectivity index (χ3v) is 2.49. The summed E-state index contributed by atoms with van der Waals surface area (Å²) in [4.78, 5) is 22.9. The van der Waals surface area contributed by atoms with Gasteiger partial charge in [-0.15, -0.1) is 0 Å². The van der Waals surface area contributed by atoms with Crippen LogP contribution in [-0.4, -0.2) is 18.5 Å². The maximum absolute atomic E-state index is 11.5. The number of rotatable bonds is 5. The van der Waals surface area contributed by atoms with E-state index in [-0.39, 0.29) is 22.8 Å². The summed E-state index contributed by atoms with van der Waals surface area (Å²) in [6.07, 6.45) is 0.966. The molecular weight excluding hydrogens is 248 g/mol. The molecule has 1 rings (SSSR count). The van der Waals surface area contributed by atoms with Crippen LogP contribution in [0.3, 0.4) is 0 Å². The lowest BCUT2D eigenvalue weighted by molar-refractivity contribution is 0.101. The monoisotopic (exact) mass is 264 g/mol. The Morgan fingerprint density at radius 2 is 2.16 bits per heavy atom. The highest BCUT2D eigenvalue weighted by Crippen LogP contribution is 2.26. The summed E-state index contributed by atoms with van der Waals surface area (Å²) in [5.41, 5.74) is 0.212. The molecule has 0 aliphatic rings. The van der Waals surface area contributed by atoms with Crippen LogP contribution in [0.15, 0.2) is 4.42 Å². The molecular formula is C13H16N2O4. The molecule has 6 nitrogen and oxygen atoms in total. The predicted octanol–water partition coefficient (Wildman–Crippen LogP) is 3.01. The molecule has 102 valence electrons. The Kier molecular flexibility index (Phi) is 5.12. The van der Waals surface area contributed by atoms with Crippen molar-refractivity contribution in [3.05, 3.63) is 16.9 Å². The molecule has 0 atom stereocenters. The number of nitrogens with zero attached hydrogens (tertiary/aromatic N) is 1. The van der Waals surface area contributed by atoms with Gasteiger partial charge in [-0.1, -0.05) is 13.3 Å². The fraction of sp³-hybridized carbons (Fsp3) is 0.462. The van der Waals surface area contributed by atoms with Gasteiger partial charge in [-0.25, -0.2) is 4.79 Å². The van der Waals surface area contributed by atoms with Crippen molar-refractivity contribution in [3.8, 4) is 6.07 Å². The summed E-state index contributed by atoms with van der Waals surface area (Å²) >= 11 is 0. The van der Waals surface area contributed by atoms with Crippen molar-refractivity contribution in [1.29, 1.82) is 5.26 Å². The number of ether oxygens (including phenoxy) is 1. The van der Waals surface area contributed by atoms with Gasteiger partial charge in [-0.2, -0.15) is 5.26 Å². The molecule has 1 amide bonds. The van der Waals surface area contributed by atoms with Crippen LogP contribution in [0.1, 0.15) is 48.4 Å². The predicted molar refractivity (Wildman–Crippen MR) is 68.0 cm³/mol. The summed E-state index contributed by atoms with van der Waals surface area (Å²) in [5.74, 6) is -0.0372. The third-order valence-electron chi connectivity index (χ3n) is 2.49. The number of carbonyl (C=O) groups is 2. The molecule has 0 saturated carbocycles. The molecule has 1 aromatic heterocycles. The van der Waals surface area contributed by atoms with Crippen LogP contribution in [-0.2, 0) is 4.74 Å². The zero-order chi connectivity index (χ0) is 14.4. The first-order valence-electron chi connectivity index (χ1n) is 5.99. The molecule has 0 bridgehead atoms. The average molecular weight is 264 g/mol. The summed E-state index contributed by atoms with van der Waals surface area (Å²) in [6.45, 7) is 5.17. The number of carbonyl (C=O) groups excluding carboxylic acids is 2. The van der Waals surface area contributed by atoms with Gasteiger partial charge >= 0.3 is 6.09 Å². The van der Waals surface area contributed by atoms with Gasteiger partial charge in [0, 0.05) is 0 Å². The first-order chi connectivity index (χ1) is 9.01. The number of ketones is 1. The number of anilines is 1. The van der Waals surface area contributed by atoms with E-state index in [0.29, 0.717) is 12.4 Å². The van der Waals surface area contributed by atoms with E-state index < -0.39 is 6.09 Å². The highest BCUT2D eigenvalue weighted by Gasteiger charge is 2.22. The van der Waals surface area contributed by atoms with Crippen molar-refractivity contribution >= 4 is 17.8 Å². The van der Waals surface area contributed by atoms with Crippen LogP contribution in [0.4, 0.5) is 10.7 Å². The molecule has 1 heterocycles. The van der Waals surface area contributed by atoms with E-state index in [1.807, 2.05) is 13.0 Å². The molecule has 0 fully saturated rings. The number of hydrogen-bond acceptors (Lipinski definition) is 5. The van der Waals surface area contributed by atoms with Gasteiger partial charge in [0.05, 0.1) is 12.2 Å². The van der Waals surface area contributed by atoms with Gasteiger partial charge < -0.3 is 9.15 Å². The van der Waals surface area contributed by atoms with Crippen LogP contribution in [0.5, 0.6) is 0 Å².